The largest absolute Gasteiger partial charge is 0.508 e. The molecule has 0 saturated heterocycles. The third-order valence-electron chi connectivity index (χ3n) is 3.46. The Labute approximate surface area is 131 Å². The lowest BCUT2D eigenvalue weighted by Gasteiger charge is -2.12. The lowest BCUT2D eigenvalue weighted by molar-refractivity contribution is 0.350. The maximum absolute atomic E-state index is 12.4. The molecule has 0 bridgehead atoms. The fraction of sp³-hybridized carbons (Fsp3) is 0.118. The molecule has 0 spiro atoms. The van der Waals surface area contributed by atoms with Gasteiger partial charge >= 0.3 is 0 Å². The van der Waals surface area contributed by atoms with Crippen molar-refractivity contribution in [1.82, 2.24) is 0 Å². The van der Waals surface area contributed by atoms with Crippen molar-refractivity contribution in [2.24, 2.45) is 0 Å². The molecule has 2 N–H and O–H groups in total. The van der Waals surface area contributed by atoms with Crippen LogP contribution in [-0.2, 0) is 0 Å². The Bertz CT molecular complexity index is 942. The average molecular weight is 314 g/mol. The number of methoxy groups -OCH3 is 2. The Morgan fingerprint density at radius 3 is 2.48 bits per heavy atom. The summed E-state index contributed by atoms with van der Waals surface area (Å²) in [5.74, 6) is 0.483. The van der Waals surface area contributed by atoms with Gasteiger partial charge in [0, 0.05) is 17.7 Å². The predicted molar refractivity (Wildman–Crippen MR) is 84.4 cm³/mol. The second-order valence-corrected chi connectivity index (χ2v) is 4.86. The van der Waals surface area contributed by atoms with Gasteiger partial charge in [0.1, 0.15) is 22.6 Å². The summed E-state index contributed by atoms with van der Waals surface area (Å²) in [7, 11) is 2.83. The van der Waals surface area contributed by atoms with Gasteiger partial charge < -0.3 is 24.1 Å². The van der Waals surface area contributed by atoms with Gasteiger partial charge in [0.2, 0.25) is 5.75 Å². The third kappa shape index (κ3) is 2.44. The summed E-state index contributed by atoms with van der Waals surface area (Å²) in [4.78, 5) is 12.4. The van der Waals surface area contributed by atoms with E-state index in [0.717, 1.165) is 0 Å². The van der Waals surface area contributed by atoms with Crippen LogP contribution in [0.2, 0.25) is 0 Å². The second-order valence-electron chi connectivity index (χ2n) is 4.86. The van der Waals surface area contributed by atoms with Gasteiger partial charge in [-0.25, -0.2) is 0 Å². The van der Waals surface area contributed by atoms with E-state index in [1.165, 1.54) is 38.5 Å². The molecule has 0 amide bonds. The van der Waals surface area contributed by atoms with E-state index in [-0.39, 0.29) is 39.7 Å². The number of rotatable bonds is 3. The first-order valence-corrected chi connectivity index (χ1v) is 6.76. The predicted octanol–water partition coefficient (Wildman–Crippen LogP) is 2.89. The monoisotopic (exact) mass is 314 g/mol. The Hall–Kier alpha value is -3.15. The Morgan fingerprint density at radius 1 is 1.04 bits per heavy atom. The molecule has 0 saturated carbocycles. The highest BCUT2D eigenvalue weighted by molar-refractivity contribution is 5.91. The van der Waals surface area contributed by atoms with Crippen LogP contribution >= 0.6 is 0 Å². The van der Waals surface area contributed by atoms with Crippen LogP contribution in [-0.4, -0.2) is 24.4 Å². The second kappa shape index (κ2) is 5.57. The molecule has 0 aliphatic heterocycles. The van der Waals surface area contributed by atoms with Gasteiger partial charge in [0.05, 0.1) is 14.2 Å². The summed E-state index contributed by atoms with van der Waals surface area (Å²) in [6.45, 7) is 0. The highest BCUT2D eigenvalue weighted by Gasteiger charge is 2.19. The molecule has 2 aromatic carbocycles. The van der Waals surface area contributed by atoms with E-state index in [1.807, 2.05) is 0 Å². The highest BCUT2D eigenvalue weighted by atomic mass is 16.5. The molecule has 1 aromatic heterocycles. The van der Waals surface area contributed by atoms with Gasteiger partial charge in [-0.15, -0.1) is 0 Å². The number of hydrogen-bond acceptors (Lipinski definition) is 6. The van der Waals surface area contributed by atoms with Crippen LogP contribution in [0.15, 0.2) is 45.6 Å². The average Bonchev–Trinajstić information content (AvgIpc) is 2.53. The molecule has 0 aliphatic carbocycles. The SMILES string of the molecule is COc1cc(O)c2c(=O)cc(-c3cccc(O)c3)oc2c1OC. The van der Waals surface area contributed by atoms with Crippen LogP contribution in [0, 0.1) is 0 Å². The van der Waals surface area contributed by atoms with Gasteiger partial charge in [-0.3, -0.25) is 4.79 Å². The van der Waals surface area contributed by atoms with Crippen LogP contribution in [0.5, 0.6) is 23.0 Å². The van der Waals surface area contributed by atoms with Crippen molar-refractivity contribution in [3.05, 3.63) is 46.6 Å². The molecule has 0 unspecified atom stereocenters. The van der Waals surface area contributed by atoms with Gasteiger partial charge in [-0.05, 0) is 12.1 Å². The lowest BCUT2D eigenvalue weighted by Crippen LogP contribution is -2.03. The molecule has 0 radical (unpaired) electrons. The topological polar surface area (TPSA) is 89.1 Å². The molecule has 0 atom stereocenters. The maximum atomic E-state index is 12.4. The number of aromatic hydroxyl groups is 2. The summed E-state index contributed by atoms with van der Waals surface area (Å²) < 4.78 is 16.2. The van der Waals surface area contributed by atoms with Gasteiger partial charge in [0.15, 0.2) is 16.8 Å². The first-order valence-electron chi connectivity index (χ1n) is 6.76. The molecule has 6 heteroatoms. The minimum Gasteiger partial charge on any atom is -0.508 e. The van der Waals surface area contributed by atoms with Crippen LogP contribution in [0.25, 0.3) is 22.3 Å². The molecule has 3 rings (SSSR count). The Morgan fingerprint density at radius 2 is 1.83 bits per heavy atom. The third-order valence-corrected chi connectivity index (χ3v) is 3.46. The first kappa shape index (κ1) is 14.8. The normalized spacial score (nSPS) is 10.7. The Balaban J connectivity index is 2.38. The number of benzene rings is 2. The molecular formula is C17H14O6. The van der Waals surface area contributed by atoms with E-state index in [1.54, 1.807) is 12.1 Å². The van der Waals surface area contributed by atoms with Crippen molar-refractivity contribution in [1.29, 1.82) is 0 Å². The molecule has 23 heavy (non-hydrogen) atoms. The summed E-state index contributed by atoms with van der Waals surface area (Å²) in [5, 5.41) is 19.6. The fourth-order valence-electron chi connectivity index (χ4n) is 2.42. The number of fused-ring (bicyclic) bond motifs is 1. The number of hydrogen-bond donors (Lipinski definition) is 2. The summed E-state index contributed by atoms with van der Waals surface area (Å²) >= 11 is 0. The fourth-order valence-corrected chi connectivity index (χ4v) is 2.42. The summed E-state index contributed by atoms with van der Waals surface area (Å²) in [6.07, 6.45) is 0. The first-order chi connectivity index (χ1) is 11.0. The van der Waals surface area contributed by atoms with E-state index >= 15 is 0 Å². The van der Waals surface area contributed by atoms with Crippen molar-refractivity contribution < 1.29 is 24.1 Å². The number of phenolic OH excluding ortho intramolecular Hbond substituents is 2. The zero-order valence-electron chi connectivity index (χ0n) is 12.5. The zero-order valence-corrected chi connectivity index (χ0v) is 12.5. The molecule has 3 aromatic rings. The molecule has 1 heterocycles. The summed E-state index contributed by atoms with van der Waals surface area (Å²) in [6, 6.07) is 8.86. The van der Waals surface area contributed by atoms with Crippen LogP contribution < -0.4 is 14.9 Å². The van der Waals surface area contributed by atoms with E-state index in [0.29, 0.717) is 5.56 Å². The van der Waals surface area contributed by atoms with Crippen LogP contribution in [0.3, 0.4) is 0 Å². The molecule has 6 nitrogen and oxygen atoms in total. The van der Waals surface area contributed by atoms with E-state index in [9.17, 15) is 15.0 Å². The van der Waals surface area contributed by atoms with Crippen molar-refractivity contribution in [2.75, 3.05) is 14.2 Å². The molecule has 118 valence electrons. The van der Waals surface area contributed by atoms with Crippen molar-refractivity contribution in [2.45, 2.75) is 0 Å². The highest BCUT2D eigenvalue weighted by Crippen LogP contribution is 2.40. The van der Waals surface area contributed by atoms with Crippen LogP contribution in [0.4, 0.5) is 0 Å². The van der Waals surface area contributed by atoms with E-state index in [2.05, 4.69) is 0 Å². The smallest absolute Gasteiger partial charge is 0.205 e. The van der Waals surface area contributed by atoms with Crippen molar-refractivity contribution in [3.63, 3.8) is 0 Å². The van der Waals surface area contributed by atoms with E-state index < -0.39 is 5.43 Å². The van der Waals surface area contributed by atoms with Crippen molar-refractivity contribution in [3.8, 4) is 34.3 Å². The van der Waals surface area contributed by atoms with E-state index in [4.69, 9.17) is 13.9 Å². The number of phenols is 2. The molecule has 0 fully saturated rings. The quantitative estimate of drug-likeness (QED) is 0.772. The summed E-state index contributed by atoms with van der Waals surface area (Å²) in [5.41, 5.74) is 0.173. The number of ether oxygens (including phenoxy) is 2. The lowest BCUT2D eigenvalue weighted by atomic mass is 10.1. The molecule has 0 aliphatic rings. The van der Waals surface area contributed by atoms with Gasteiger partial charge in [0.25, 0.3) is 0 Å². The molecular weight excluding hydrogens is 300 g/mol. The van der Waals surface area contributed by atoms with Gasteiger partial charge in [-0.1, -0.05) is 12.1 Å². The Kier molecular flexibility index (Phi) is 3.57. The minimum atomic E-state index is -0.428. The minimum absolute atomic E-state index is 0.00607. The zero-order chi connectivity index (χ0) is 16.6. The maximum Gasteiger partial charge on any atom is 0.205 e. The van der Waals surface area contributed by atoms with Crippen molar-refractivity contribution >= 4 is 11.0 Å². The standard InChI is InChI=1S/C17H14O6/c1-21-14-8-12(20)15-11(19)7-13(23-17(15)16(14)22-2)9-4-3-5-10(18)6-9/h3-8,18,20H,1-2H3. The van der Waals surface area contributed by atoms with Crippen LogP contribution in [0.1, 0.15) is 0 Å². The van der Waals surface area contributed by atoms with Gasteiger partial charge in [-0.2, -0.15) is 0 Å².